The third-order valence-electron chi connectivity index (χ3n) is 4.24. The molecule has 2 nitrogen and oxygen atoms in total. The summed E-state index contributed by atoms with van der Waals surface area (Å²) in [5, 5.41) is 3.49. The van der Waals surface area contributed by atoms with Crippen LogP contribution in [0.15, 0.2) is 22.7 Å². The second kappa shape index (κ2) is 7.53. The molecule has 0 unspecified atom stereocenters. The zero-order valence-electron chi connectivity index (χ0n) is 12.1. The molecule has 4 heteroatoms. The molecule has 0 bridgehead atoms. The molecule has 0 heterocycles. The third kappa shape index (κ3) is 4.03. The van der Waals surface area contributed by atoms with E-state index in [1.165, 1.54) is 31.7 Å². The first-order valence-electron chi connectivity index (χ1n) is 7.29. The highest BCUT2D eigenvalue weighted by Crippen LogP contribution is 2.41. The van der Waals surface area contributed by atoms with Crippen LogP contribution >= 0.6 is 15.9 Å². The van der Waals surface area contributed by atoms with Gasteiger partial charge in [0.15, 0.2) is 0 Å². The van der Waals surface area contributed by atoms with Crippen molar-refractivity contribution in [1.82, 2.24) is 5.32 Å². The van der Waals surface area contributed by atoms with Gasteiger partial charge in [0.2, 0.25) is 0 Å². The summed E-state index contributed by atoms with van der Waals surface area (Å²) in [7, 11) is 1.72. The van der Waals surface area contributed by atoms with Crippen LogP contribution in [0.3, 0.4) is 0 Å². The lowest BCUT2D eigenvalue weighted by Crippen LogP contribution is -2.35. The van der Waals surface area contributed by atoms with Crippen LogP contribution in [0.1, 0.15) is 31.2 Å². The fourth-order valence-corrected chi connectivity index (χ4v) is 3.56. The Kier molecular flexibility index (Phi) is 6.00. The second-order valence-corrected chi connectivity index (χ2v) is 6.56. The van der Waals surface area contributed by atoms with E-state index < -0.39 is 0 Å². The number of hydrogen-bond acceptors (Lipinski definition) is 2. The fourth-order valence-electron chi connectivity index (χ4n) is 3.16. The molecule has 0 aliphatic heterocycles. The van der Waals surface area contributed by atoms with Gasteiger partial charge >= 0.3 is 0 Å². The van der Waals surface area contributed by atoms with Crippen LogP contribution in [-0.4, -0.2) is 26.8 Å². The molecule has 0 radical (unpaired) electrons. The molecule has 1 N–H and O–H groups in total. The molecule has 2 rings (SSSR count). The lowest BCUT2D eigenvalue weighted by atomic mass is 9.80. The number of nitrogens with one attached hydrogen (secondary N) is 1. The van der Waals surface area contributed by atoms with E-state index in [9.17, 15) is 4.39 Å². The van der Waals surface area contributed by atoms with Gasteiger partial charge in [0.25, 0.3) is 0 Å². The van der Waals surface area contributed by atoms with Crippen LogP contribution in [0.25, 0.3) is 0 Å². The van der Waals surface area contributed by atoms with Crippen molar-refractivity contribution in [2.75, 3.05) is 26.8 Å². The SMILES string of the molecule is COCCNCC1(Cc2cccc(F)c2Br)CCCC1. The minimum Gasteiger partial charge on any atom is -0.383 e. The molecule has 0 atom stereocenters. The Morgan fingerprint density at radius 3 is 2.80 bits per heavy atom. The number of ether oxygens (including phenoxy) is 1. The summed E-state index contributed by atoms with van der Waals surface area (Å²) in [6.45, 7) is 2.60. The van der Waals surface area contributed by atoms with Crippen molar-refractivity contribution in [1.29, 1.82) is 0 Å². The molecule has 0 saturated heterocycles. The van der Waals surface area contributed by atoms with Gasteiger partial charge in [-0.15, -0.1) is 0 Å². The average molecular weight is 344 g/mol. The van der Waals surface area contributed by atoms with Crippen LogP contribution < -0.4 is 5.32 Å². The van der Waals surface area contributed by atoms with Gasteiger partial charge < -0.3 is 10.1 Å². The number of rotatable bonds is 7. The predicted octanol–water partition coefficient (Wildman–Crippen LogP) is 3.93. The molecule has 0 spiro atoms. The zero-order valence-corrected chi connectivity index (χ0v) is 13.6. The molecule has 1 aromatic carbocycles. The highest BCUT2D eigenvalue weighted by atomic mass is 79.9. The standard InChI is InChI=1S/C16H23BrFNO/c1-20-10-9-19-12-16(7-2-3-8-16)11-13-5-4-6-14(18)15(13)17/h4-6,19H,2-3,7-12H2,1H3. The molecule has 1 fully saturated rings. The first-order chi connectivity index (χ1) is 9.67. The Hall–Kier alpha value is -0.450. The fraction of sp³-hybridized carbons (Fsp3) is 0.625. The largest absolute Gasteiger partial charge is 0.383 e. The summed E-state index contributed by atoms with van der Waals surface area (Å²) in [5.41, 5.74) is 1.35. The summed E-state index contributed by atoms with van der Waals surface area (Å²) in [6, 6.07) is 5.34. The van der Waals surface area contributed by atoms with Crippen LogP contribution in [0.5, 0.6) is 0 Å². The topological polar surface area (TPSA) is 21.3 Å². The average Bonchev–Trinajstić information content (AvgIpc) is 2.89. The Morgan fingerprint density at radius 1 is 1.35 bits per heavy atom. The van der Waals surface area contributed by atoms with E-state index in [2.05, 4.69) is 21.2 Å². The number of benzene rings is 1. The third-order valence-corrected chi connectivity index (χ3v) is 5.13. The minimum atomic E-state index is -0.164. The maximum atomic E-state index is 13.7. The van der Waals surface area contributed by atoms with Crippen molar-refractivity contribution in [3.8, 4) is 0 Å². The van der Waals surface area contributed by atoms with E-state index in [0.717, 1.165) is 31.7 Å². The number of hydrogen-bond donors (Lipinski definition) is 1. The van der Waals surface area contributed by atoms with Crippen molar-refractivity contribution >= 4 is 15.9 Å². The first kappa shape index (κ1) is 15.9. The highest BCUT2D eigenvalue weighted by molar-refractivity contribution is 9.10. The summed E-state index contributed by atoms with van der Waals surface area (Å²) in [5.74, 6) is -0.164. The van der Waals surface area contributed by atoms with Gasteiger partial charge in [-0.1, -0.05) is 25.0 Å². The molecule has 1 aliphatic carbocycles. The number of halogens is 2. The summed E-state index contributed by atoms with van der Waals surface area (Å²) < 4.78 is 19.4. The number of methoxy groups -OCH3 is 1. The molecule has 1 aliphatic rings. The first-order valence-corrected chi connectivity index (χ1v) is 8.09. The van der Waals surface area contributed by atoms with E-state index >= 15 is 0 Å². The van der Waals surface area contributed by atoms with E-state index in [1.807, 2.05) is 6.07 Å². The van der Waals surface area contributed by atoms with Gasteiger partial charge in [-0.05, 0) is 52.2 Å². The van der Waals surface area contributed by atoms with E-state index in [4.69, 9.17) is 4.74 Å². The molecule has 0 amide bonds. The van der Waals surface area contributed by atoms with E-state index in [0.29, 0.717) is 4.47 Å². The second-order valence-electron chi connectivity index (χ2n) is 5.77. The Bertz CT molecular complexity index is 432. The Balaban J connectivity index is 2.03. The minimum absolute atomic E-state index is 0.164. The van der Waals surface area contributed by atoms with Gasteiger partial charge in [-0.2, -0.15) is 0 Å². The van der Waals surface area contributed by atoms with Gasteiger partial charge in [-0.25, -0.2) is 4.39 Å². The Morgan fingerprint density at radius 2 is 2.10 bits per heavy atom. The van der Waals surface area contributed by atoms with Crippen LogP contribution in [0, 0.1) is 11.2 Å². The molecule has 20 heavy (non-hydrogen) atoms. The summed E-state index contributed by atoms with van der Waals surface area (Å²) in [6.07, 6.45) is 5.93. The smallest absolute Gasteiger partial charge is 0.137 e. The van der Waals surface area contributed by atoms with Crippen LogP contribution in [0.2, 0.25) is 0 Å². The van der Waals surface area contributed by atoms with Gasteiger partial charge in [0.1, 0.15) is 5.82 Å². The maximum absolute atomic E-state index is 13.7. The molecule has 1 saturated carbocycles. The zero-order chi connectivity index (χ0) is 14.4. The summed E-state index contributed by atoms with van der Waals surface area (Å²) in [4.78, 5) is 0. The lowest BCUT2D eigenvalue weighted by Gasteiger charge is -2.30. The summed E-state index contributed by atoms with van der Waals surface area (Å²) >= 11 is 3.39. The molecule has 0 aromatic heterocycles. The molecular weight excluding hydrogens is 321 g/mol. The monoisotopic (exact) mass is 343 g/mol. The Labute approximate surface area is 129 Å². The van der Waals surface area contributed by atoms with Crippen molar-refractivity contribution in [3.63, 3.8) is 0 Å². The van der Waals surface area contributed by atoms with Crippen molar-refractivity contribution in [3.05, 3.63) is 34.1 Å². The van der Waals surface area contributed by atoms with Crippen molar-refractivity contribution in [2.24, 2.45) is 5.41 Å². The van der Waals surface area contributed by atoms with Crippen molar-refractivity contribution in [2.45, 2.75) is 32.1 Å². The van der Waals surface area contributed by atoms with Gasteiger partial charge in [0.05, 0.1) is 11.1 Å². The maximum Gasteiger partial charge on any atom is 0.137 e. The van der Waals surface area contributed by atoms with Crippen molar-refractivity contribution < 1.29 is 9.13 Å². The lowest BCUT2D eigenvalue weighted by molar-refractivity contribution is 0.189. The highest BCUT2D eigenvalue weighted by Gasteiger charge is 2.34. The van der Waals surface area contributed by atoms with E-state index in [1.54, 1.807) is 13.2 Å². The molecule has 1 aromatic rings. The molecule has 112 valence electrons. The van der Waals surface area contributed by atoms with Crippen LogP contribution in [0.4, 0.5) is 4.39 Å². The molecular formula is C16H23BrFNO. The predicted molar refractivity (Wildman–Crippen MR) is 83.5 cm³/mol. The quantitative estimate of drug-likeness (QED) is 0.757. The normalized spacial score (nSPS) is 17.6. The van der Waals surface area contributed by atoms with Crippen LogP contribution in [-0.2, 0) is 11.2 Å². The van der Waals surface area contributed by atoms with Gasteiger partial charge in [-0.3, -0.25) is 0 Å². The van der Waals surface area contributed by atoms with E-state index in [-0.39, 0.29) is 11.2 Å². The van der Waals surface area contributed by atoms with Gasteiger partial charge in [0, 0.05) is 20.2 Å².